The van der Waals surface area contributed by atoms with Crippen LogP contribution in [0.2, 0.25) is 0 Å². The van der Waals surface area contributed by atoms with Gasteiger partial charge in [-0.2, -0.15) is 5.26 Å². The van der Waals surface area contributed by atoms with Gasteiger partial charge in [0.25, 0.3) is 0 Å². The van der Waals surface area contributed by atoms with E-state index in [0.717, 1.165) is 16.5 Å². The average molecular weight is 346 g/mol. The summed E-state index contributed by atoms with van der Waals surface area (Å²) in [5.74, 6) is 0.420. The van der Waals surface area contributed by atoms with Crippen LogP contribution in [-0.2, 0) is 18.3 Å². The molecule has 1 aliphatic rings. The monoisotopic (exact) mass is 346 g/mol. The highest BCUT2D eigenvalue weighted by molar-refractivity contribution is 5.89. The summed E-state index contributed by atoms with van der Waals surface area (Å²) in [6.45, 7) is 1.04. The Morgan fingerprint density at radius 1 is 1.31 bits per heavy atom. The number of pyridine rings is 1. The molecule has 0 radical (unpaired) electrons. The van der Waals surface area contributed by atoms with Gasteiger partial charge in [-0.05, 0) is 23.8 Å². The number of hydrogen-bond acceptors (Lipinski definition) is 4. The highest BCUT2D eigenvalue weighted by Crippen LogP contribution is 2.23. The second-order valence-electron chi connectivity index (χ2n) is 6.47. The standard InChI is InChI=1S/C20H18N4O2/c1-23-11-15(17-6-2-3-7-18(17)23)9-19(25)24-12-16(13-24)26-20-14(10-21)5-4-8-22-20/h2-8,11,16H,9,12-13H2,1H3. The summed E-state index contributed by atoms with van der Waals surface area (Å²) in [4.78, 5) is 18.4. The van der Waals surface area contributed by atoms with Crippen molar-refractivity contribution in [2.75, 3.05) is 13.1 Å². The maximum absolute atomic E-state index is 12.6. The molecule has 0 spiro atoms. The molecule has 0 bridgehead atoms. The zero-order valence-electron chi connectivity index (χ0n) is 14.4. The SMILES string of the molecule is Cn1cc(CC(=O)N2CC(Oc3ncccc3C#N)C2)c2ccccc21. The Hall–Kier alpha value is -3.33. The molecule has 1 aromatic carbocycles. The summed E-state index contributed by atoms with van der Waals surface area (Å²) >= 11 is 0. The van der Waals surface area contributed by atoms with Gasteiger partial charge in [0.2, 0.25) is 11.8 Å². The molecule has 1 fully saturated rings. The largest absolute Gasteiger partial charge is 0.470 e. The molecule has 6 nitrogen and oxygen atoms in total. The van der Waals surface area contributed by atoms with Crippen molar-refractivity contribution in [2.45, 2.75) is 12.5 Å². The number of aryl methyl sites for hydroxylation is 1. The Bertz CT molecular complexity index is 1010. The van der Waals surface area contributed by atoms with Crippen LogP contribution in [0.25, 0.3) is 10.9 Å². The Labute approximate surface area is 151 Å². The number of fused-ring (bicyclic) bond motifs is 1. The molecule has 0 unspecified atom stereocenters. The molecule has 0 N–H and O–H groups in total. The molecule has 26 heavy (non-hydrogen) atoms. The Morgan fingerprint density at radius 2 is 2.12 bits per heavy atom. The second kappa shape index (κ2) is 6.52. The maximum atomic E-state index is 12.6. The quantitative estimate of drug-likeness (QED) is 0.727. The fourth-order valence-corrected chi connectivity index (χ4v) is 3.29. The second-order valence-corrected chi connectivity index (χ2v) is 6.47. The van der Waals surface area contributed by atoms with Crippen LogP contribution in [0.3, 0.4) is 0 Å². The van der Waals surface area contributed by atoms with Crippen molar-refractivity contribution in [2.24, 2.45) is 7.05 Å². The van der Waals surface area contributed by atoms with Crippen LogP contribution < -0.4 is 4.74 Å². The van der Waals surface area contributed by atoms with Crippen LogP contribution >= 0.6 is 0 Å². The lowest BCUT2D eigenvalue weighted by atomic mass is 10.1. The first kappa shape index (κ1) is 16.2. The van der Waals surface area contributed by atoms with Gasteiger partial charge in [-0.3, -0.25) is 4.79 Å². The molecule has 0 atom stereocenters. The van der Waals surface area contributed by atoms with Gasteiger partial charge in [0.1, 0.15) is 17.7 Å². The van der Waals surface area contributed by atoms with Crippen molar-refractivity contribution in [1.82, 2.24) is 14.5 Å². The number of benzene rings is 1. The number of para-hydroxylation sites is 1. The van der Waals surface area contributed by atoms with E-state index in [4.69, 9.17) is 10.00 Å². The molecule has 130 valence electrons. The normalized spacial score (nSPS) is 14.1. The summed E-state index contributed by atoms with van der Waals surface area (Å²) in [6, 6.07) is 13.5. The van der Waals surface area contributed by atoms with Gasteiger partial charge in [-0.25, -0.2) is 4.98 Å². The minimum atomic E-state index is -0.117. The van der Waals surface area contributed by atoms with E-state index in [9.17, 15) is 4.79 Å². The van der Waals surface area contributed by atoms with Crippen molar-refractivity contribution in [3.8, 4) is 11.9 Å². The predicted octanol–water partition coefficient (Wildman–Crippen LogP) is 2.28. The minimum absolute atomic E-state index is 0.0859. The number of carbonyl (C=O) groups is 1. The number of amides is 1. The number of ether oxygens (including phenoxy) is 1. The summed E-state index contributed by atoms with van der Waals surface area (Å²) in [7, 11) is 1.99. The van der Waals surface area contributed by atoms with E-state index in [2.05, 4.69) is 17.1 Å². The third-order valence-corrected chi connectivity index (χ3v) is 4.69. The van der Waals surface area contributed by atoms with Gasteiger partial charge in [-0.15, -0.1) is 0 Å². The number of rotatable bonds is 4. The molecule has 1 saturated heterocycles. The lowest BCUT2D eigenvalue weighted by Gasteiger charge is -2.38. The van der Waals surface area contributed by atoms with E-state index in [1.807, 2.05) is 36.0 Å². The molecule has 2 aromatic heterocycles. The molecule has 0 saturated carbocycles. The van der Waals surface area contributed by atoms with E-state index in [1.165, 1.54) is 0 Å². The van der Waals surface area contributed by atoms with E-state index < -0.39 is 0 Å². The smallest absolute Gasteiger partial charge is 0.232 e. The van der Waals surface area contributed by atoms with Gasteiger partial charge in [-0.1, -0.05) is 18.2 Å². The average Bonchev–Trinajstić information content (AvgIpc) is 2.94. The van der Waals surface area contributed by atoms with Crippen LogP contribution in [0.4, 0.5) is 0 Å². The molecular formula is C20H18N4O2. The summed E-state index contributed by atoms with van der Waals surface area (Å²) < 4.78 is 7.79. The Morgan fingerprint density at radius 3 is 2.92 bits per heavy atom. The molecular weight excluding hydrogens is 328 g/mol. The van der Waals surface area contributed by atoms with Crippen molar-refractivity contribution >= 4 is 16.8 Å². The topological polar surface area (TPSA) is 71.2 Å². The molecule has 3 aromatic rings. The Kier molecular flexibility index (Phi) is 4.05. The third-order valence-electron chi connectivity index (χ3n) is 4.69. The zero-order valence-corrected chi connectivity index (χ0v) is 14.4. The number of hydrogen-bond donors (Lipinski definition) is 0. The lowest BCUT2D eigenvalue weighted by molar-refractivity contribution is -0.139. The van der Waals surface area contributed by atoms with E-state index in [1.54, 1.807) is 23.2 Å². The fourth-order valence-electron chi connectivity index (χ4n) is 3.29. The van der Waals surface area contributed by atoms with Crippen LogP contribution in [0.15, 0.2) is 48.8 Å². The number of nitrogens with zero attached hydrogens (tertiary/aromatic N) is 4. The van der Waals surface area contributed by atoms with Gasteiger partial charge in [0, 0.05) is 30.3 Å². The summed E-state index contributed by atoms with van der Waals surface area (Å²) in [5.41, 5.74) is 2.57. The molecule has 1 aliphatic heterocycles. The number of aromatic nitrogens is 2. The Balaban J connectivity index is 1.38. The van der Waals surface area contributed by atoms with Crippen molar-refractivity contribution in [3.05, 3.63) is 59.9 Å². The number of carbonyl (C=O) groups excluding carboxylic acids is 1. The molecule has 0 aliphatic carbocycles. The third kappa shape index (κ3) is 2.88. The van der Waals surface area contributed by atoms with Crippen molar-refractivity contribution in [3.63, 3.8) is 0 Å². The lowest BCUT2D eigenvalue weighted by Crippen LogP contribution is -2.56. The number of likely N-dealkylation sites (tertiary alicyclic amines) is 1. The summed E-state index contributed by atoms with van der Waals surface area (Å²) in [6.07, 6.45) is 3.87. The predicted molar refractivity (Wildman–Crippen MR) is 96.6 cm³/mol. The van der Waals surface area contributed by atoms with E-state index in [-0.39, 0.29) is 12.0 Å². The van der Waals surface area contributed by atoms with Gasteiger partial charge in [0.15, 0.2) is 0 Å². The molecule has 6 heteroatoms. The van der Waals surface area contributed by atoms with Crippen LogP contribution in [0.5, 0.6) is 5.88 Å². The highest BCUT2D eigenvalue weighted by atomic mass is 16.5. The van der Waals surface area contributed by atoms with Gasteiger partial charge >= 0.3 is 0 Å². The molecule has 1 amide bonds. The summed E-state index contributed by atoms with van der Waals surface area (Å²) in [5, 5.41) is 10.2. The van der Waals surface area contributed by atoms with E-state index >= 15 is 0 Å². The van der Waals surface area contributed by atoms with Crippen molar-refractivity contribution < 1.29 is 9.53 Å². The van der Waals surface area contributed by atoms with Crippen LogP contribution in [0.1, 0.15) is 11.1 Å². The molecule has 4 rings (SSSR count). The van der Waals surface area contributed by atoms with Gasteiger partial charge in [0.05, 0.1) is 19.5 Å². The highest BCUT2D eigenvalue weighted by Gasteiger charge is 2.33. The minimum Gasteiger partial charge on any atom is -0.470 e. The first-order valence-corrected chi connectivity index (χ1v) is 8.48. The van der Waals surface area contributed by atoms with Crippen molar-refractivity contribution in [1.29, 1.82) is 5.26 Å². The number of nitriles is 1. The van der Waals surface area contributed by atoms with E-state index in [0.29, 0.717) is 31.0 Å². The van der Waals surface area contributed by atoms with Crippen LogP contribution in [0, 0.1) is 11.3 Å². The maximum Gasteiger partial charge on any atom is 0.232 e. The van der Waals surface area contributed by atoms with Crippen LogP contribution in [-0.4, -0.2) is 39.6 Å². The fraction of sp³-hybridized carbons (Fsp3) is 0.250. The first-order chi connectivity index (χ1) is 12.7. The van der Waals surface area contributed by atoms with Gasteiger partial charge < -0.3 is 14.2 Å². The molecule has 3 heterocycles. The zero-order chi connectivity index (χ0) is 18.1. The first-order valence-electron chi connectivity index (χ1n) is 8.48.